The molecule has 2 amide bonds. The van der Waals surface area contributed by atoms with Crippen LogP contribution in [0.4, 0.5) is 0 Å². The number of oxazole rings is 1. The van der Waals surface area contributed by atoms with Gasteiger partial charge in [-0.05, 0) is 13.3 Å². The molecule has 2 rings (SSSR count). The monoisotopic (exact) mass is 251 g/mol. The molecule has 1 unspecified atom stereocenters. The van der Waals surface area contributed by atoms with E-state index in [1.54, 1.807) is 18.7 Å². The Balaban J connectivity index is 2.27. The molecule has 0 radical (unpaired) electrons. The van der Waals surface area contributed by atoms with Crippen LogP contribution in [-0.4, -0.2) is 40.8 Å². The number of nitrogens with zero attached hydrogens (tertiary/aromatic N) is 2. The number of piperazine rings is 1. The maximum atomic E-state index is 12.4. The van der Waals surface area contributed by atoms with Gasteiger partial charge in [-0.1, -0.05) is 6.92 Å². The third-order valence-corrected chi connectivity index (χ3v) is 3.08. The van der Waals surface area contributed by atoms with E-state index < -0.39 is 6.04 Å². The zero-order chi connectivity index (χ0) is 13.3. The first-order valence-electron chi connectivity index (χ1n) is 6.07. The summed E-state index contributed by atoms with van der Waals surface area (Å²) in [6.07, 6.45) is 0.587. The second-order valence-electron chi connectivity index (χ2n) is 4.36. The highest BCUT2D eigenvalue weighted by Crippen LogP contribution is 2.17. The molecule has 1 N–H and O–H groups in total. The lowest BCUT2D eigenvalue weighted by Crippen LogP contribution is -2.56. The quantitative estimate of drug-likeness (QED) is 0.837. The highest BCUT2D eigenvalue weighted by molar-refractivity contribution is 5.96. The van der Waals surface area contributed by atoms with E-state index in [9.17, 15) is 9.59 Å². The van der Waals surface area contributed by atoms with E-state index in [4.69, 9.17) is 4.42 Å². The normalized spacial score (nSPS) is 19.8. The summed E-state index contributed by atoms with van der Waals surface area (Å²) in [5, 5.41) is 2.76. The van der Waals surface area contributed by atoms with Crippen molar-refractivity contribution in [2.24, 2.45) is 0 Å². The molecule has 1 aromatic heterocycles. The molecule has 0 saturated carbocycles. The topological polar surface area (TPSA) is 75.4 Å². The van der Waals surface area contributed by atoms with Crippen LogP contribution in [0.1, 0.15) is 35.5 Å². The standard InChI is InChI=1S/C12H17N3O3/c1-4-9-11(16)13-5-6-15(9)12(17)10-7(2)14-8(3)18-10/h9H,4-6H2,1-3H3,(H,13,16). The molecule has 0 aromatic carbocycles. The van der Waals surface area contributed by atoms with Gasteiger partial charge in [-0.3, -0.25) is 9.59 Å². The molecular formula is C12H17N3O3. The summed E-state index contributed by atoms with van der Waals surface area (Å²) in [5.41, 5.74) is 0.568. The summed E-state index contributed by atoms with van der Waals surface area (Å²) in [5.74, 6) is 0.340. The summed E-state index contributed by atoms with van der Waals surface area (Å²) in [6.45, 7) is 6.29. The second kappa shape index (κ2) is 4.80. The summed E-state index contributed by atoms with van der Waals surface area (Å²) in [6, 6.07) is -0.420. The van der Waals surface area contributed by atoms with Gasteiger partial charge in [-0.25, -0.2) is 4.98 Å². The van der Waals surface area contributed by atoms with Crippen LogP contribution in [0.25, 0.3) is 0 Å². The number of aromatic nitrogens is 1. The first-order chi connectivity index (χ1) is 8.54. The van der Waals surface area contributed by atoms with Gasteiger partial charge in [0.25, 0.3) is 5.91 Å². The molecule has 1 fully saturated rings. The largest absolute Gasteiger partial charge is 0.436 e. The Labute approximate surface area is 105 Å². The van der Waals surface area contributed by atoms with Crippen molar-refractivity contribution in [3.8, 4) is 0 Å². The van der Waals surface area contributed by atoms with Crippen LogP contribution in [0.15, 0.2) is 4.42 Å². The summed E-state index contributed by atoms with van der Waals surface area (Å²) < 4.78 is 5.32. The Kier molecular flexibility index (Phi) is 3.36. The molecule has 1 saturated heterocycles. The van der Waals surface area contributed by atoms with Crippen LogP contribution in [0.3, 0.4) is 0 Å². The van der Waals surface area contributed by atoms with Gasteiger partial charge in [0.05, 0.1) is 5.69 Å². The second-order valence-corrected chi connectivity index (χ2v) is 4.36. The smallest absolute Gasteiger partial charge is 0.292 e. The molecule has 1 aliphatic rings. The molecule has 18 heavy (non-hydrogen) atoms. The fourth-order valence-electron chi connectivity index (χ4n) is 2.22. The van der Waals surface area contributed by atoms with Crippen molar-refractivity contribution in [1.29, 1.82) is 0 Å². The molecular weight excluding hydrogens is 234 g/mol. The predicted molar refractivity (Wildman–Crippen MR) is 64.1 cm³/mol. The van der Waals surface area contributed by atoms with Crippen molar-refractivity contribution < 1.29 is 14.0 Å². The summed E-state index contributed by atoms with van der Waals surface area (Å²) in [4.78, 5) is 29.7. The average Bonchev–Trinajstić information content (AvgIpc) is 2.67. The van der Waals surface area contributed by atoms with Crippen LogP contribution in [0.5, 0.6) is 0 Å². The van der Waals surface area contributed by atoms with Crippen molar-refractivity contribution >= 4 is 11.8 Å². The Morgan fingerprint density at radius 2 is 2.28 bits per heavy atom. The number of aryl methyl sites for hydroxylation is 2. The predicted octanol–water partition coefficient (Wildman–Crippen LogP) is 0.642. The Bertz CT molecular complexity index is 481. The van der Waals surface area contributed by atoms with Gasteiger partial charge < -0.3 is 14.6 Å². The van der Waals surface area contributed by atoms with Crippen molar-refractivity contribution in [3.05, 3.63) is 17.3 Å². The number of carbonyl (C=O) groups excluding carboxylic acids is 2. The van der Waals surface area contributed by atoms with E-state index in [0.29, 0.717) is 31.1 Å². The molecule has 6 nitrogen and oxygen atoms in total. The van der Waals surface area contributed by atoms with Gasteiger partial charge in [0, 0.05) is 20.0 Å². The first kappa shape index (κ1) is 12.6. The molecule has 98 valence electrons. The highest BCUT2D eigenvalue weighted by atomic mass is 16.4. The Morgan fingerprint density at radius 1 is 1.56 bits per heavy atom. The zero-order valence-electron chi connectivity index (χ0n) is 10.8. The van der Waals surface area contributed by atoms with Crippen LogP contribution in [0.2, 0.25) is 0 Å². The summed E-state index contributed by atoms with van der Waals surface area (Å²) >= 11 is 0. The van der Waals surface area contributed by atoms with E-state index in [0.717, 1.165) is 0 Å². The van der Waals surface area contributed by atoms with Crippen molar-refractivity contribution in [1.82, 2.24) is 15.2 Å². The van der Waals surface area contributed by atoms with Crippen LogP contribution >= 0.6 is 0 Å². The average molecular weight is 251 g/mol. The Morgan fingerprint density at radius 3 is 2.83 bits per heavy atom. The van der Waals surface area contributed by atoms with E-state index in [1.165, 1.54) is 0 Å². The lowest BCUT2D eigenvalue weighted by molar-refractivity contribution is -0.127. The molecule has 2 heterocycles. The minimum absolute atomic E-state index is 0.106. The maximum Gasteiger partial charge on any atom is 0.292 e. The van der Waals surface area contributed by atoms with Crippen molar-refractivity contribution in [3.63, 3.8) is 0 Å². The van der Waals surface area contributed by atoms with Gasteiger partial charge in [-0.2, -0.15) is 0 Å². The molecule has 6 heteroatoms. The fraction of sp³-hybridized carbons (Fsp3) is 0.583. The first-order valence-corrected chi connectivity index (χ1v) is 6.07. The number of nitrogens with one attached hydrogen (secondary N) is 1. The van der Waals surface area contributed by atoms with E-state index in [2.05, 4.69) is 10.3 Å². The lowest BCUT2D eigenvalue weighted by Gasteiger charge is -2.33. The van der Waals surface area contributed by atoms with E-state index in [1.807, 2.05) is 6.92 Å². The van der Waals surface area contributed by atoms with Gasteiger partial charge in [0.1, 0.15) is 6.04 Å². The SMILES string of the molecule is CCC1C(=O)NCCN1C(=O)c1oc(C)nc1C. The number of hydrogen-bond donors (Lipinski definition) is 1. The van der Waals surface area contributed by atoms with Gasteiger partial charge >= 0.3 is 0 Å². The van der Waals surface area contributed by atoms with Crippen molar-refractivity contribution in [2.45, 2.75) is 33.2 Å². The van der Waals surface area contributed by atoms with Crippen LogP contribution in [-0.2, 0) is 4.79 Å². The summed E-state index contributed by atoms with van der Waals surface area (Å²) in [7, 11) is 0. The van der Waals surface area contributed by atoms with Crippen LogP contribution in [0, 0.1) is 13.8 Å². The number of amides is 2. The molecule has 0 bridgehead atoms. The number of hydrogen-bond acceptors (Lipinski definition) is 4. The van der Waals surface area contributed by atoms with Crippen molar-refractivity contribution in [2.75, 3.05) is 13.1 Å². The molecule has 0 aliphatic carbocycles. The van der Waals surface area contributed by atoms with Crippen LogP contribution < -0.4 is 5.32 Å². The van der Waals surface area contributed by atoms with Gasteiger partial charge in [0.2, 0.25) is 11.7 Å². The third-order valence-electron chi connectivity index (χ3n) is 3.08. The van der Waals surface area contributed by atoms with Gasteiger partial charge in [-0.15, -0.1) is 0 Å². The number of carbonyl (C=O) groups is 2. The lowest BCUT2D eigenvalue weighted by atomic mass is 10.1. The van der Waals surface area contributed by atoms with E-state index in [-0.39, 0.29) is 17.6 Å². The fourth-order valence-corrected chi connectivity index (χ4v) is 2.22. The highest BCUT2D eigenvalue weighted by Gasteiger charge is 2.34. The van der Waals surface area contributed by atoms with Gasteiger partial charge in [0.15, 0.2) is 5.89 Å². The molecule has 1 aliphatic heterocycles. The molecule has 1 atom stereocenters. The molecule has 1 aromatic rings. The van der Waals surface area contributed by atoms with E-state index >= 15 is 0 Å². The minimum atomic E-state index is -0.420. The molecule has 0 spiro atoms. The Hall–Kier alpha value is -1.85. The number of rotatable bonds is 2. The maximum absolute atomic E-state index is 12.4. The third kappa shape index (κ3) is 2.10. The zero-order valence-corrected chi connectivity index (χ0v) is 10.8. The minimum Gasteiger partial charge on any atom is -0.436 e.